The summed E-state index contributed by atoms with van der Waals surface area (Å²) in [6, 6.07) is 14.9. The zero-order valence-corrected chi connectivity index (χ0v) is 12.9. The maximum Gasteiger partial charge on any atom is 0.323 e. The van der Waals surface area contributed by atoms with Gasteiger partial charge in [0.25, 0.3) is 0 Å². The van der Waals surface area contributed by atoms with Gasteiger partial charge in [0.15, 0.2) is 0 Å². The molecule has 2 aromatic carbocycles. The molecule has 1 unspecified atom stereocenters. The third kappa shape index (κ3) is 4.24. The van der Waals surface area contributed by atoms with E-state index in [4.69, 9.17) is 5.73 Å². The molecule has 0 aliphatic heterocycles. The monoisotopic (exact) mass is 301 g/mol. The Kier molecular flexibility index (Phi) is 5.25. The Morgan fingerprint density at radius 3 is 2.62 bits per heavy atom. The quantitative estimate of drug-likeness (QED) is 0.746. The molecule has 21 heavy (non-hydrogen) atoms. The van der Waals surface area contributed by atoms with Crippen LogP contribution in [0.3, 0.4) is 0 Å². The number of nitrogens with one attached hydrogen (secondary N) is 2. The van der Waals surface area contributed by atoms with Crippen LogP contribution in [0.2, 0.25) is 0 Å². The number of carbonyl (C=O) groups excluding carboxylic acids is 1. The molecule has 0 fully saturated rings. The molecule has 1 atom stereocenters. The zero-order valence-electron chi connectivity index (χ0n) is 12.1. The maximum atomic E-state index is 12.1. The summed E-state index contributed by atoms with van der Waals surface area (Å²) in [6.07, 6.45) is 1.98. The molecule has 5 heteroatoms. The van der Waals surface area contributed by atoms with Crippen LogP contribution in [0.1, 0.15) is 18.5 Å². The average molecular weight is 301 g/mol. The van der Waals surface area contributed by atoms with E-state index in [1.807, 2.05) is 61.7 Å². The number of rotatable bonds is 4. The summed E-state index contributed by atoms with van der Waals surface area (Å²) in [6.45, 7) is 1.91. The van der Waals surface area contributed by atoms with Crippen molar-refractivity contribution in [2.24, 2.45) is 5.73 Å². The molecular weight excluding hydrogens is 282 g/mol. The average Bonchev–Trinajstić information content (AvgIpc) is 2.48. The highest BCUT2D eigenvalue weighted by Gasteiger charge is 2.07. The minimum atomic E-state index is -0.265. The first kappa shape index (κ1) is 15.4. The van der Waals surface area contributed by atoms with Gasteiger partial charge in [-0.2, -0.15) is 0 Å². The molecule has 4 N–H and O–H groups in total. The first-order chi connectivity index (χ1) is 10.1. The third-order valence-corrected chi connectivity index (χ3v) is 3.82. The summed E-state index contributed by atoms with van der Waals surface area (Å²) in [4.78, 5) is 13.1. The Morgan fingerprint density at radius 2 is 1.90 bits per heavy atom. The van der Waals surface area contributed by atoms with Gasteiger partial charge in [0.1, 0.15) is 0 Å². The number of nitrogens with two attached hydrogens (primary N) is 1. The van der Waals surface area contributed by atoms with E-state index in [0.29, 0.717) is 0 Å². The van der Waals surface area contributed by atoms with Crippen molar-refractivity contribution in [3.63, 3.8) is 0 Å². The summed E-state index contributed by atoms with van der Waals surface area (Å²) < 4.78 is 0. The lowest BCUT2D eigenvalue weighted by molar-refractivity contribution is 0.262. The highest BCUT2D eigenvalue weighted by Crippen LogP contribution is 2.24. The second-order valence-electron chi connectivity index (χ2n) is 4.69. The lowest BCUT2D eigenvalue weighted by Gasteiger charge is -2.12. The molecule has 4 nitrogen and oxygen atoms in total. The van der Waals surface area contributed by atoms with E-state index in [2.05, 4.69) is 10.6 Å². The molecule has 2 amide bonds. The van der Waals surface area contributed by atoms with Gasteiger partial charge in [-0.3, -0.25) is 0 Å². The molecular formula is C16H19N3OS. The van der Waals surface area contributed by atoms with Crippen LogP contribution in [0.4, 0.5) is 16.2 Å². The van der Waals surface area contributed by atoms with Gasteiger partial charge in [0, 0.05) is 16.6 Å². The first-order valence-corrected chi connectivity index (χ1v) is 7.89. The molecule has 0 heterocycles. The van der Waals surface area contributed by atoms with E-state index >= 15 is 0 Å². The maximum absolute atomic E-state index is 12.1. The Balaban J connectivity index is 2.06. The lowest BCUT2D eigenvalue weighted by Crippen LogP contribution is -2.20. The number of thioether (sulfide) groups is 1. The molecule has 0 bridgehead atoms. The molecule has 2 aromatic rings. The number of benzene rings is 2. The van der Waals surface area contributed by atoms with Gasteiger partial charge in [-0.05, 0) is 43.0 Å². The first-order valence-electron chi connectivity index (χ1n) is 6.66. The predicted octanol–water partition coefficient (Wildman–Crippen LogP) is 4.07. The highest BCUT2D eigenvalue weighted by atomic mass is 32.2. The summed E-state index contributed by atoms with van der Waals surface area (Å²) in [7, 11) is 0. The van der Waals surface area contributed by atoms with Gasteiger partial charge in [-0.15, -0.1) is 11.8 Å². The predicted molar refractivity (Wildman–Crippen MR) is 89.9 cm³/mol. The van der Waals surface area contributed by atoms with Crippen molar-refractivity contribution < 1.29 is 4.79 Å². The molecule has 2 rings (SSSR count). The summed E-state index contributed by atoms with van der Waals surface area (Å²) in [5, 5.41) is 5.68. The fourth-order valence-electron chi connectivity index (χ4n) is 1.93. The fraction of sp³-hybridized carbons (Fsp3) is 0.188. The van der Waals surface area contributed by atoms with Crippen LogP contribution in [0.25, 0.3) is 0 Å². The second kappa shape index (κ2) is 7.15. The number of urea groups is 1. The van der Waals surface area contributed by atoms with Gasteiger partial charge in [0.2, 0.25) is 0 Å². The van der Waals surface area contributed by atoms with Gasteiger partial charge < -0.3 is 16.4 Å². The molecule has 0 aliphatic carbocycles. The Hall–Kier alpha value is -1.98. The zero-order chi connectivity index (χ0) is 15.2. The number of hydrogen-bond donors (Lipinski definition) is 3. The molecule has 0 aromatic heterocycles. The van der Waals surface area contributed by atoms with Crippen LogP contribution in [0, 0.1) is 0 Å². The minimum absolute atomic E-state index is 0.0629. The van der Waals surface area contributed by atoms with Crippen molar-refractivity contribution in [1.29, 1.82) is 0 Å². The topological polar surface area (TPSA) is 67.2 Å². The van der Waals surface area contributed by atoms with Gasteiger partial charge >= 0.3 is 6.03 Å². The second-order valence-corrected chi connectivity index (χ2v) is 5.54. The standard InChI is InChI=1S/C16H19N3OS/c1-11(17)12-6-5-7-13(10-12)18-16(20)19-14-8-3-4-9-15(14)21-2/h3-11H,17H2,1-2H3,(H2,18,19,20). The largest absolute Gasteiger partial charge is 0.324 e. The van der Waals surface area contributed by atoms with E-state index in [0.717, 1.165) is 21.8 Å². The normalized spacial score (nSPS) is 11.8. The van der Waals surface area contributed by atoms with E-state index < -0.39 is 0 Å². The van der Waals surface area contributed by atoms with Crippen molar-refractivity contribution in [1.82, 2.24) is 0 Å². The van der Waals surface area contributed by atoms with Crippen molar-refractivity contribution in [2.75, 3.05) is 16.9 Å². The molecule has 0 saturated carbocycles. The molecule has 0 radical (unpaired) electrons. The Bertz CT molecular complexity index is 628. The lowest BCUT2D eigenvalue weighted by atomic mass is 10.1. The van der Waals surface area contributed by atoms with Crippen molar-refractivity contribution >= 4 is 29.2 Å². The summed E-state index contributed by atoms with van der Waals surface area (Å²) >= 11 is 1.59. The molecule has 0 saturated heterocycles. The van der Waals surface area contributed by atoms with E-state index in [-0.39, 0.29) is 12.1 Å². The molecule has 0 spiro atoms. The Morgan fingerprint density at radius 1 is 1.14 bits per heavy atom. The number of para-hydroxylation sites is 1. The van der Waals surface area contributed by atoms with E-state index in [9.17, 15) is 4.79 Å². The number of carbonyl (C=O) groups is 1. The third-order valence-electron chi connectivity index (χ3n) is 3.03. The van der Waals surface area contributed by atoms with Crippen LogP contribution in [0.5, 0.6) is 0 Å². The van der Waals surface area contributed by atoms with Crippen molar-refractivity contribution in [3.8, 4) is 0 Å². The van der Waals surface area contributed by atoms with Crippen molar-refractivity contribution in [2.45, 2.75) is 17.9 Å². The SMILES string of the molecule is CSc1ccccc1NC(=O)Nc1cccc(C(C)N)c1. The van der Waals surface area contributed by atoms with Crippen LogP contribution in [0.15, 0.2) is 53.4 Å². The minimum Gasteiger partial charge on any atom is -0.324 e. The van der Waals surface area contributed by atoms with Gasteiger partial charge in [-0.1, -0.05) is 24.3 Å². The fourth-order valence-corrected chi connectivity index (χ4v) is 2.49. The summed E-state index contributed by atoms with van der Waals surface area (Å²) in [5.41, 5.74) is 8.35. The van der Waals surface area contributed by atoms with Gasteiger partial charge in [0.05, 0.1) is 5.69 Å². The molecule has 0 aliphatic rings. The van der Waals surface area contributed by atoms with Crippen molar-refractivity contribution in [3.05, 3.63) is 54.1 Å². The van der Waals surface area contributed by atoms with Crippen LogP contribution < -0.4 is 16.4 Å². The smallest absolute Gasteiger partial charge is 0.323 e. The van der Waals surface area contributed by atoms with Gasteiger partial charge in [-0.25, -0.2) is 4.79 Å². The number of hydrogen-bond acceptors (Lipinski definition) is 3. The number of amides is 2. The van der Waals surface area contributed by atoms with Crippen LogP contribution in [-0.4, -0.2) is 12.3 Å². The summed E-state index contributed by atoms with van der Waals surface area (Å²) in [5.74, 6) is 0. The van der Waals surface area contributed by atoms with E-state index in [1.54, 1.807) is 11.8 Å². The Labute approximate surface area is 129 Å². The molecule has 110 valence electrons. The van der Waals surface area contributed by atoms with Crippen LogP contribution in [-0.2, 0) is 0 Å². The number of anilines is 2. The van der Waals surface area contributed by atoms with Crippen LogP contribution >= 0.6 is 11.8 Å². The highest BCUT2D eigenvalue weighted by molar-refractivity contribution is 7.98. The van der Waals surface area contributed by atoms with E-state index in [1.165, 1.54) is 0 Å².